The molecule has 1 aliphatic rings. The summed E-state index contributed by atoms with van der Waals surface area (Å²) in [7, 11) is 0. The first-order valence-corrected chi connectivity index (χ1v) is 8.19. The SMILES string of the molecule is FC(F)(F)Oc1ccc(-c2ccc(CN3CCNCC3)s2)cc1. The molecule has 124 valence electrons. The molecule has 1 N–H and O–H groups in total. The lowest BCUT2D eigenvalue weighted by molar-refractivity contribution is -0.274. The molecular formula is C16H17F3N2OS. The second kappa shape index (κ2) is 6.90. The van der Waals surface area contributed by atoms with Crippen LogP contribution in [-0.4, -0.2) is 37.4 Å². The van der Waals surface area contributed by atoms with Crippen LogP contribution >= 0.6 is 11.3 Å². The van der Waals surface area contributed by atoms with Gasteiger partial charge in [0, 0.05) is 42.5 Å². The largest absolute Gasteiger partial charge is 0.573 e. The molecule has 1 aromatic heterocycles. The number of halogens is 3. The molecule has 1 aliphatic heterocycles. The van der Waals surface area contributed by atoms with Gasteiger partial charge < -0.3 is 10.1 Å². The van der Waals surface area contributed by atoms with Gasteiger partial charge in [-0.1, -0.05) is 0 Å². The molecule has 0 atom stereocenters. The minimum absolute atomic E-state index is 0.196. The molecule has 7 heteroatoms. The van der Waals surface area contributed by atoms with Crippen molar-refractivity contribution in [2.24, 2.45) is 0 Å². The third kappa shape index (κ3) is 4.70. The van der Waals surface area contributed by atoms with Crippen LogP contribution in [0.1, 0.15) is 4.88 Å². The van der Waals surface area contributed by atoms with Crippen molar-refractivity contribution >= 4 is 11.3 Å². The highest BCUT2D eigenvalue weighted by Crippen LogP contribution is 2.31. The number of rotatable bonds is 4. The van der Waals surface area contributed by atoms with Crippen LogP contribution in [0.4, 0.5) is 13.2 Å². The fourth-order valence-corrected chi connectivity index (χ4v) is 3.58. The van der Waals surface area contributed by atoms with Crippen LogP contribution in [0, 0.1) is 0 Å². The Hall–Kier alpha value is -1.57. The van der Waals surface area contributed by atoms with E-state index in [1.165, 1.54) is 17.0 Å². The summed E-state index contributed by atoms with van der Waals surface area (Å²) in [5.41, 5.74) is 0.899. The lowest BCUT2D eigenvalue weighted by atomic mass is 10.2. The number of hydrogen-bond donors (Lipinski definition) is 1. The van der Waals surface area contributed by atoms with Gasteiger partial charge in [-0.25, -0.2) is 0 Å². The van der Waals surface area contributed by atoms with Gasteiger partial charge in [-0.2, -0.15) is 0 Å². The van der Waals surface area contributed by atoms with Crippen molar-refractivity contribution in [1.82, 2.24) is 10.2 Å². The Balaban J connectivity index is 1.65. The van der Waals surface area contributed by atoms with Gasteiger partial charge >= 0.3 is 6.36 Å². The van der Waals surface area contributed by atoms with Crippen molar-refractivity contribution in [1.29, 1.82) is 0 Å². The molecule has 0 bridgehead atoms. The summed E-state index contributed by atoms with van der Waals surface area (Å²) in [4.78, 5) is 4.71. The molecule has 0 unspecified atom stereocenters. The Morgan fingerprint density at radius 2 is 1.74 bits per heavy atom. The van der Waals surface area contributed by atoms with E-state index in [2.05, 4.69) is 21.0 Å². The zero-order valence-corrected chi connectivity index (χ0v) is 13.2. The van der Waals surface area contributed by atoms with E-state index >= 15 is 0 Å². The number of hydrogen-bond acceptors (Lipinski definition) is 4. The number of ether oxygens (including phenoxy) is 1. The highest BCUT2D eigenvalue weighted by molar-refractivity contribution is 7.15. The minimum atomic E-state index is -4.65. The number of alkyl halides is 3. The molecule has 3 nitrogen and oxygen atoms in total. The maximum atomic E-state index is 12.2. The topological polar surface area (TPSA) is 24.5 Å². The molecule has 0 aliphatic carbocycles. The van der Waals surface area contributed by atoms with Gasteiger partial charge in [0.15, 0.2) is 0 Å². The normalized spacial score (nSPS) is 16.5. The van der Waals surface area contributed by atoms with E-state index in [0.717, 1.165) is 43.2 Å². The molecule has 0 radical (unpaired) electrons. The van der Waals surface area contributed by atoms with Crippen molar-refractivity contribution in [2.45, 2.75) is 12.9 Å². The lowest BCUT2D eigenvalue weighted by Crippen LogP contribution is -2.42. The Morgan fingerprint density at radius 3 is 2.39 bits per heavy atom. The molecule has 23 heavy (non-hydrogen) atoms. The Morgan fingerprint density at radius 1 is 1.04 bits per heavy atom. The van der Waals surface area contributed by atoms with Crippen LogP contribution in [-0.2, 0) is 6.54 Å². The number of piperazine rings is 1. The number of nitrogens with zero attached hydrogens (tertiary/aromatic N) is 1. The Labute approximate surface area is 136 Å². The summed E-state index contributed by atoms with van der Waals surface area (Å²) < 4.78 is 40.4. The standard InChI is InChI=1S/C16H17F3N2OS/c17-16(18,19)22-13-3-1-12(2-4-13)15-6-5-14(23-15)11-21-9-7-20-8-10-21/h1-6,20H,7-11H2. The first-order valence-electron chi connectivity index (χ1n) is 7.37. The second-order valence-electron chi connectivity index (χ2n) is 5.36. The first-order chi connectivity index (χ1) is 11.0. The average Bonchev–Trinajstić information content (AvgIpc) is 2.96. The van der Waals surface area contributed by atoms with Crippen LogP contribution in [0.2, 0.25) is 0 Å². The van der Waals surface area contributed by atoms with Crippen LogP contribution in [0.5, 0.6) is 5.75 Å². The highest BCUT2D eigenvalue weighted by atomic mass is 32.1. The molecule has 3 rings (SSSR count). The van der Waals surface area contributed by atoms with Crippen LogP contribution < -0.4 is 10.1 Å². The van der Waals surface area contributed by atoms with E-state index in [9.17, 15) is 13.2 Å². The quantitative estimate of drug-likeness (QED) is 0.917. The van der Waals surface area contributed by atoms with E-state index < -0.39 is 6.36 Å². The van der Waals surface area contributed by atoms with E-state index in [0.29, 0.717) is 0 Å². The number of thiophene rings is 1. The van der Waals surface area contributed by atoms with Crippen molar-refractivity contribution in [2.75, 3.05) is 26.2 Å². The van der Waals surface area contributed by atoms with Crippen LogP contribution in [0.25, 0.3) is 10.4 Å². The van der Waals surface area contributed by atoms with Crippen LogP contribution in [0.3, 0.4) is 0 Å². The fraction of sp³-hybridized carbons (Fsp3) is 0.375. The van der Waals surface area contributed by atoms with Crippen molar-refractivity contribution < 1.29 is 17.9 Å². The summed E-state index contributed by atoms with van der Waals surface area (Å²) in [6.07, 6.45) is -4.65. The maximum Gasteiger partial charge on any atom is 0.573 e. The van der Waals surface area contributed by atoms with Crippen LogP contribution in [0.15, 0.2) is 36.4 Å². The summed E-state index contributed by atoms with van der Waals surface area (Å²) in [5.74, 6) is -0.196. The smallest absolute Gasteiger partial charge is 0.406 e. The van der Waals surface area contributed by atoms with Crippen molar-refractivity contribution in [3.05, 3.63) is 41.3 Å². The third-order valence-electron chi connectivity index (χ3n) is 3.62. The zero-order valence-electron chi connectivity index (χ0n) is 12.4. The summed E-state index contributed by atoms with van der Waals surface area (Å²) in [5, 5.41) is 3.32. The summed E-state index contributed by atoms with van der Waals surface area (Å²) in [6.45, 7) is 5.02. The highest BCUT2D eigenvalue weighted by Gasteiger charge is 2.30. The molecule has 1 saturated heterocycles. The Kier molecular flexibility index (Phi) is 4.89. The molecular weight excluding hydrogens is 325 g/mol. The van der Waals surface area contributed by atoms with Gasteiger partial charge in [-0.05, 0) is 42.0 Å². The molecule has 1 fully saturated rings. The minimum Gasteiger partial charge on any atom is -0.406 e. The lowest BCUT2D eigenvalue weighted by Gasteiger charge is -2.26. The summed E-state index contributed by atoms with van der Waals surface area (Å²) in [6, 6.07) is 10.1. The van der Waals surface area contributed by atoms with Gasteiger partial charge in [0.05, 0.1) is 0 Å². The molecule has 0 amide bonds. The molecule has 1 aromatic carbocycles. The summed E-state index contributed by atoms with van der Waals surface area (Å²) >= 11 is 1.67. The third-order valence-corrected chi connectivity index (χ3v) is 4.74. The van der Waals surface area contributed by atoms with E-state index in [4.69, 9.17) is 0 Å². The number of benzene rings is 1. The predicted molar refractivity (Wildman–Crippen MR) is 84.6 cm³/mol. The Bertz CT molecular complexity index is 634. The van der Waals surface area contributed by atoms with Gasteiger partial charge in [-0.3, -0.25) is 4.90 Å². The van der Waals surface area contributed by atoms with E-state index in [1.54, 1.807) is 23.5 Å². The molecule has 2 heterocycles. The fourth-order valence-electron chi connectivity index (χ4n) is 2.53. The average molecular weight is 342 g/mol. The zero-order chi connectivity index (χ0) is 16.3. The predicted octanol–water partition coefficient (Wildman–Crippen LogP) is 3.72. The van der Waals surface area contributed by atoms with E-state index in [-0.39, 0.29) is 5.75 Å². The monoisotopic (exact) mass is 342 g/mol. The molecule has 0 spiro atoms. The van der Waals surface area contributed by atoms with Gasteiger partial charge in [0.25, 0.3) is 0 Å². The van der Waals surface area contributed by atoms with Crippen molar-refractivity contribution in [3.8, 4) is 16.2 Å². The first kappa shape index (κ1) is 16.3. The van der Waals surface area contributed by atoms with Gasteiger partial charge in [0.2, 0.25) is 0 Å². The molecule has 2 aromatic rings. The van der Waals surface area contributed by atoms with Crippen molar-refractivity contribution in [3.63, 3.8) is 0 Å². The maximum absolute atomic E-state index is 12.2. The van der Waals surface area contributed by atoms with Gasteiger partial charge in [-0.15, -0.1) is 24.5 Å². The van der Waals surface area contributed by atoms with E-state index in [1.807, 2.05) is 6.07 Å². The molecule has 0 saturated carbocycles. The van der Waals surface area contributed by atoms with Gasteiger partial charge in [0.1, 0.15) is 5.75 Å². The number of nitrogens with one attached hydrogen (secondary N) is 1. The second-order valence-corrected chi connectivity index (χ2v) is 6.53.